The maximum atomic E-state index is 11.3. The molecule has 0 aliphatic carbocycles. The van der Waals surface area contributed by atoms with Crippen molar-refractivity contribution >= 4 is 11.6 Å². The van der Waals surface area contributed by atoms with E-state index in [4.69, 9.17) is 17.3 Å². The number of imidazole rings is 1. The molecule has 0 atom stereocenters. The van der Waals surface area contributed by atoms with Gasteiger partial charge in [-0.05, 0) is 6.54 Å². The summed E-state index contributed by atoms with van der Waals surface area (Å²) in [6.45, 7) is 0.497. The van der Waals surface area contributed by atoms with Crippen LogP contribution in [0.4, 0.5) is 0 Å². The van der Waals surface area contributed by atoms with Crippen LogP contribution in [0, 0.1) is 0 Å². The lowest BCUT2D eigenvalue weighted by molar-refractivity contribution is 0.746. The molecule has 68 valence electrons. The molecule has 0 radical (unpaired) electrons. The Morgan fingerprint density at radius 2 is 2.00 bits per heavy atom. The maximum absolute atomic E-state index is 11.3. The van der Waals surface area contributed by atoms with E-state index in [0.29, 0.717) is 18.1 Å². The highest BCUT2D eigenvalue weighted by molar-refractivity contribution is 6.30. The van der Waals surface area contributed by atoms with Crippen molar-refractivity contribution in [2.75, 3.05) is 6.54 Å². The van der Waals surface area contributed by atoms with Gasteiger partial charge in [-0.25, -0.2) is 4.79 Å². The van der Waals surface area contributed by atoms with E-state index in [-0.39, 0.29) is 5.69 Å². The Kier molecular flexibility index (Phi) is 2.59. The number of rotatable bonds is 2. The van der Waals surface area contributed by atoms with E-state index in [9.17, 15) is 4.79 Å². The molecular formula is C7H12ClN3O. The van der Waals surface area contributed by atoms with Gasteiger partial charge in [0.2, 0.25) is 0 Å². The van der Waals surface area contributed by atoms with Crippen molar-refractivity contribution < 1.29 is 0 Å². The zero-order chi connectivity index (χ0) is 9.30. The summed E-state index contributed by atoms with van der Waals surface area (Å²) in [5, 5.41) is 0.480. The molecule has 0 fully saturated rings. The molecule has 0 saturated carbocycles. The van der Waals surface area contributed by atoms with Gasteiger partial charge in [0.25, 0.3) is 0 Å². The Morgan fingerprint density at radius 1 is 1.42 bits per heavy atom. The SMILES string of the molecule is Cn1c(Cl)c(CCN)n(C)c1=O. The Hall–Kier alpha value is -0.740. The third-order valence-electron chi connectivity index (χ3n) is 1.89. The number of nitrogens with zero attached hydrogens (tertiary/aromatic N) is 2. The largest absolute Gasteiger partial charge is 0.330 e. The summed E-state index contributed by atoms with van der Waals surface area (Å²) in [5.41, 5.74) is 6.06. The van der Waals surface area contributed by atoms with Crippen LogP contribution >= 0.6 is 11.6 Å². The van der Waals surface area contributed by atoms with Gasteiger partial charge in [0, 0.05) is 20.5 Å². The molecule has 0 amide bonds. The van der Waals surface area contributed by atoms with Gasteiger partial charge < -0.3 is 5.73 Å². The van der Waals surface area contributed by atoms with Gasteiger partial charge in [-0.1, -0.05) is 11.6 Å². The summed E-state index contributed by atoms with van der Waals surface area (Å²) in [6, 6.07) is 0. The number of aromatic nitrogens is 2. The van der Waals surface area contributed by atoms with Gasteiger partial charge in [0.1, 0.15) is 5.15 Å². The summed E-state index contributed by atoms with van der Waals surface area (Å²) in [4.78, 5) is 11.3. The first-order chi connectivity index (χ1) is 5.59. The molecule has 0 saturated heterocycles. The molecule has 1 aromatic heterocycles. The third kappa shape index (κ3) is 1.28. The molecular weight excluding hydrogens is 178 g/mol. The summed E-state index contributed by atoms with van der Waals surface area (Å²) in [5.74, 6) is 0. The van der Waals surface area contributed by atoms with Crippen molar-refractivity contribution in [1.29, 1.82) is 0 Å². The standard InChI is InChI=1S/C7H12ClN3O/c1-10-5(3-4-9)6(8)11(2)7(10)12/h3-4,9H2,1-2H3. The molecule has 0 aromatic carbocycles. The Bertz CT molecular complexity index is 339. The molecule has 1 rings (SSSR count). The fraction of sp³-hybridized carbons (Fsp3) is 0.571. The normalized spacial score (nSPS) is 10.7. The number of nitrogens with two attached hydrogens (primary N) is 1. The van der Waals surface area contributed by atoms with Crippen molar-refractivity contribution in [1.82, 2.24) is 9.13 Å². The second kappa shape index (κ2) is 3.33. The Morgan fingerprint density at radius 3 is 2.33 bits per heavy atom. The van der Waals surface area contributed by atoms with Crippen LogP contribution in [0.15, 0.2) is 4.79 Å². The molecule has 0 spiro atoms. The number of hydrogen-bond donors (Lipinski definition) is 1. The first-order valence-corrected chi connectivity index (χ1v) is 4.07. The van der Waals surface area contributed by atoms with E-state index in [0.717, 1.165) is 5.69 Å². The highest BCUT2D eigenvalue weighted by Gasteiger charge is 2.11. The molecule has 2 N–H and O–H groups in total. The molecule has 0 bridgehead atoms. The van der Waals surface area contributed by atoms with Crippen LogP contribution in [0.25, 0.3) is 0 Å². The third-order valence-corrected chi connectivity index (χ3v) is 2.36. The Balaban J connectivity index is 3.28. The van der Waals surface area contributed by atoms with Gasteiger partial charge in [0.05, 0.1) is 5.69 Å². The lowest BCUT2D eigenvalue weighted by Crippen LogP contribution is -2.20. The fourth-order valence-electron chi connectivity index (χ4n) is 1.16. The topological polar surface area (TPSA) is 52.9 Å². The number of halogens is 1. The lowest BCUT2D eigenvalue weighted by atomic mass is 10.3. The van der Waals surface area contributed by atoms with E-state index in [1.54, 1.807) is 14.1 Å². The second-order valence-corrected chi connectivity index (χ2v) is 3.03. The van der Waals surface area contributed by atoms with Crippen molar-refractivity contribution in [3.63, 3.8) is 0 Å². The second-order valence-electron chi connectivity index (χ2n) is 2.68. The predicted octanol–water partition coefficient (Wildman–Crippen LogP) is -0.122. The highest BCUT2D eigenvalue weighted by atomic mass is 35.5. The van der Waals surface area contributed by atoms with Crippen LogP contribution < -0.4 is 11.4 Å². The lowest BCUT2D eigenvalue weighted by Gasteiger charge is -1.98. The monoisotopic (exact) mass is 189 g/mol. The van der Waals surface area contributed by atoms with E-state index in [2.05, 4.69) is 0 Å². The minimum Gasteiger partial charge on any atom is -0.330 e. The first-order valence-electron chi connectivity index (χ1n) is 3.69. The zero-order valence-corrected chi connectivity index (χ0v) is 7.93. The van der Waals surface area contributed by atoms with E-state index in [1.165, 1.54) is 9.13 Å². The Labute approximate surface area is 75.5 Å². The quantitative estimate of drug-likeness (QED) is 0.705. The fourth-order valence-corrected chi connectivity index (χ4v) is 1.46. The number of hydrogen-bond acceptors (Lipinski definition) is 2. The van der Waals surface area contributed by atoms with Crippen LogP contribution in [-0.4, -0.2) is 15.7 Å². The van der Waals surface area contributed by atoms with Gasteiger partial charge >= 0.3 is 5.69 Å². The van der Waals surface area contributed by atoms with Gasteiger partial charge in [-0.15, -0.1) is 0 Å². The van der Waals surface area contributed by atoms with Crippen molar-refractivity contribution in [2.24, 2.45) is 19.8 Å². The minimum absolute atomic E-state index is 0.108. The summed E-state index contributed by atoms with van der Waals surface area (Å²) in [6.07, 6.45) is 0.630. The van der Waals surface area contributed by atoms with Crippen molar-refractivity contribution in [3.8, 4) is 0 Å². The molecule has 5 heteroatoms. The smallest absolute Gasteiger partial charge is 0.329 e. The zero-order valence-electron chi connectivity index (χ0n) is 7.17. The predicted molar refractivity (Wildman–Crippen MR) is 48.4 cm³/mol. The molecule has 0 unspecified atom stereocenters. The molecule has 0 aliphatic heterocycles. The van der Waals surface area contributed by atoms with Crippen LogP contribution in [0.2, 0.25) is 5.15 Å². The molecule has 1 heterocycles. The van der Waals surface area contributed by atoms with Gasteiger partial charge in [-0.2, -0.15) is 0 Å². The average Bonchev–Trinajstić information content (AvgIpc) is 2.23. The summed E-state index contributed by atoms with van der Waals surface area (Å²) in [7, 11) is 3.34. The van der Waals surface area contributed by atoms with E-state index in [1.807, 2.05) is 0 Å². The highest BCUT2D eigenvalue weighted by Crippen LogP contribution is 2.12. The molecule has 12 heavy (non-hydrogen) atoms. The van der Waals surface area contributed by atoms with Crippen LogP contribution in [-0.2, 0) is 20.5 Å². The first kappa shape index (κ1) is 9.35. The van der Waals surface area contributed by atoms with Crippen molar-refractivity contribution in [3.05, 3.63) is 21.3 Å². The summed E-state index contributed by atoms with van der Waals surface area (Å²) >= 11 is 5.88. The molecule has 1 aromatic rings. The van der Waals surface area contributed by atoms with Gasteiger partial charge in [-0.3, -0.25) is 9.13 Å². The maximum Gasteiger partial charge on any atom is 0.329 e. The van der Waals surface area contributed by atoms with Crippen LogP contribution in [0.3, 0.4) is 0 Å². The minimum atomic E-state index is -0.108. The molecule has 4 nitrogen and oxygen atoms in total. The van der Waals surface area contributed by atoms with Crippen molar-refractivity contribution in [2.45, 2.75) is 6.42 Å². The van der Waals surface area contributed by atoms with E-state index >= 15 is 0 Å². The average molecular weight is 190 g/mol. The summed E-state index contributed by atoms with van der Waals surface area (Å²) < 4.78 is 2.93. The van der Waals surface area contributed by atoms with Crippen LogP contribution in [0.1, 0.15) is 5.69 Å². The van der Waals surface area contributed by atoms with Gasteiger partial charge in [0.15, 0.2) is 0 Å². The van der Waals surface area contributed by atoms with E-state index < -0.39 is 0 Å². The van der Waals surface area contributed by atoms with Crippen LogP contribution in [0.5, 0.6) is 0 Å². The molecule has 0 aliphatic rings.